The number of fused-ring (bicyclic) bond motifs is 1. The number of benzene rings is 5. The van der Waals surface area contributed by atoms with E-state index in [-0.39, 0.29) is 11.9 Å². The van der Waals surface area contributed by atoms with Crippen LogP contribution in [-0.2, 0) is 10.3 Å². The van der Waals surface area contributed by atoms with Gasteiger partial charge in [0.15, 0.2) is 6.29 Å². The Hall–Kier alpha value is -5.50. The predicted molar refractivity (Wildman–Crippen MR) is 194 cm³/mol. The summed E-state index contributed by atoms with van der Waals surface area (Å²) in [6.07, 6.45) is 1.76. The molecule has 7 heteroatoms. The quantitative estimate of drug-likeness (QED) is 0.115. The van der Waals surface area contributed by atoms with E-state index in [1.165, 1.54) is 12.1 Å². The largest absolute Gasteiger partial charge is 0.467 e. The molecule has 1 fully saturated rings. The van der Waals surface area contributed by atoms with Crippen LogP contribution in [0.4, 0.5) is 10.1 Å². The summed E-state index contributed by atoms with van der Waals surface area (Å²) in [5.74, 6) is 1.15. The summed E-state index contributed by atoms with van der Waals surface area (Å²) in [6, 6.07) is 45.6. The van der Waals surface area contributed by atoms with E-state index in [2.05, 4.69) is 70.3 Å². The van der Waals surface area contributed by atoms with Crippen LogP contribution in [0.5, 0.6) is 5.75 Å². The summed E-state index contributed by atoms with van der Waals surface area (Å²) in [5.41, 5.74) is 5.77. The second-order valence-electron chi connectivity index (χ2n) is 13.0. The number of piperazine rings is 1. The Morgan fingerprint density at radius 2 is 1.30 bits per heavy atom. The van der Waals surface area contributed by atoms with Crippen molar-refractivity contribution in [3.05, 3.63) is 180 Å². The van der Waals surface area contributed by atoms with Gasteiger partial charge < -0.3 is 19.0 Å². The number of anilines is 1. The molecule has 2 aliphatic rings. The van der Waals surface area contributed by atoms with Crippen LogP contribution >= 0.6 is 0 Å². The minimum atomic E-state index is -0.888. The van der Waals surface area contributed by atoms with Gasteiger partial charge in [-0.2, -0.15) is 0 Å². The lowest BCUT2D eigenvalue weighted by atomic mass is 9.75. The van der Waals surface area contributed by atoms with Gasteiger partial charge in [0.2, 0.25) is 6.23 Å². The molecule has 1 unspecified atom stereocenters. The van der Waals surface area contributed by atoms with E-state index in [1.54, 1.807) is 6.26 Å². The summed E-state index contributed by atoms with van der Waals surface area (Å²) in [6.45, 7) is 3.63. The first-order chi connectivity index (χ1) is 24.6. The molecule has 0 aliphatic carbocycles. The fraction of sp³-hybridized carbons (Fsp3) is 0.186. The number of furan rings is 1. The number of hydrogen-bond donors (Lipinski definition) is 0. The first kappa shape index (κ1) is 31.7. The average Bonchev–Trinajstić information content (AvgIpc) is 3.80. The maximum atomic E-state index is 13.9. The van der Waals surface area contributed by atoms with Crippen LogP contribution in [0.3, 0.4) is 0 Å². The number of aldehydes is 1. The van der Waals surface area contributed by atoms with Crippen molar-refractivity contribution in [2.75, 3.05) is 38.1 Å². The molecular weight excluding hydrogens is 625 g/mol. The molecule has 3 heterocycles. The first-order valence-electron chi connectivity index (χ1n) is 17.0. The number of nitrogens with zero attached hydrogens (tertiary/aromatic N) is 3. The molecule has 6 aromatic rings. The SMILES string of the molecule is CN1CCN([C@@H](c2ccc(F)cc2)c2cc(-c3ccc4c(c3)OC(C=O)N4C(c3ccccc3)(c3ccccc3)c3ccccc3)co2)CC1. The average molecular weight is 664 g/mol. The molecule has 2 aliphatic heterocycles. The number of ether oxygens (including phenoxy) is 1. The third-order valence-corrected chi connectivity index (χ3v) is 10.1. The van der Waals surface area contributed by atoms with Crippen LogP contribution in [-0.4, -0.2) is 55.5 Å². The molecular formula is C43H38FN3O3. The number of hydrogen-bond acceptors (Lipinski definition) is 6. The van der Waals surface area contributed by atoms with E-state index in [0.29, 0.717) is 5.75 Å². The smallest absolute Gasteiger partial charge is 0.230 e. The number of carbonyl (C=O) groups is 1. The van der Waals surface area contributed by atoms with Crippen molar-refractivity contribution in [2.24, 2.45) is 0 Å². The number of likely N-dealkylation sites (N-methyl/N-ethyl adjacent to an activating group) is 1. The third kappa shape index (κ3) is 5.58. The van der Waals surface area contributed by atoms with Crippen molar-refractivity contribution < 1.29 is 18.3 Å². The summed E-state index contributed by atoms with van der Waals surface area (Å²) >= 11 is 0. The predicted octanol–water partition coefficient (Wildman–Crippen LogP) is 8.14. The highest BCUT2D eigenvalue weighted by atomic mass is 19.1. The van der Waals surface area contributed by atoms with Gasteiger partial charge in [0, 0.05) is 31.7 Å². The van der Waals surface area contributed by atoms with Crippen LogP contribution in [0.2, 0.25) is 0 Å². The van der Waals surface area contributed by atoms with Gasteiger partial charge in [-0.25, -0.2) is 4.39 Å². The van der Waals surface area contributed by atoms with Crippen LogP contribution in [0.1, 0.15) is 34.1 Å². The zero-order chi connectivity index (χ0) is 34.1. The summed E-state index contributed by atoms with van der Waals surface area (Å²) in [5, 5.41) is 0. The Bertz CT molecular complexity index is 1960. The Morgan fingerprint density at radius 3 is 1.86 bits per heavy atom. The van der Waals surface area contributed by atoms with Crippen molar-refractivity contribution in [1.29, 1.82) is 0 Å². The minimum Gasteiger partial charge on any atom is -0.467 e. The molecule has 0 saturated carbocycles. The van der Waals surface area contributed by atoms with Crippen molar-refractivity contribution in [2.45, 2.75) is 17.8 Å². The molecule has 5 aromatic carbocycles. The molecule has 0 amide bonds. The summed E-state index contributed by atoms with van der Waals surface area (Å²) < 4.78 is 26.8. The van der Waals surface area contributed by atoms with E-state index in [4.69, 9.17) is 9.15 Å². The molecule has 0 N–H and O–H groups in total. The fourth-order valence-electron chi connectivity index (χ4n) is 7.65. The highest BCUT2D eigenvalue weighted by Crippen LogP contribution is 2.52. The third-order valence-electron chi connectivity index (χ3n) is 10.1. The van der Waals surface area contributed by atoms with Gasteiger partial charge in [-0.3, -0.25) is 9.69 Å². The van der Waals surface area contributed by atoms with E-state index in [9.17, 15) is 9.18 Å². The molecule has 2 atom stereocenters. The highest BCUT2D eigenvalue weighted by molar-refractivity contribution is 5.81. The van der Waals surface area contributed by atoms with Gasteiger partial charge in [0.05, 0.1) is 18.0 Å². The molecule has 0 bridgehead atoms. The second-order valence-corrected chi connectivity index (χ2v) is 13.0. The normalized spacial score (nSPS) is 17.2. The maximum Gasteiger partial charge on any atom is 0.230 e. The Labute approximate surface area is 292 Å². The van der Waals surface area contributed by atoms with Crippen LogP contribution in [0.15, 0.2) is 150 Å². The molecule has 250 valence electrons. The highest BCUT2D eigenvalue weighted by Gasteiger charge is 2.50. The van der Waals surface area contributed by atoms with E-state index in [0.717, 1.165) is 77.3 Å². The van der Waals surface area contributed by atoms with Crippen molar-refractivity contribution in [3.63, 3.8) is 0 Å². The van der Waals surface area contributed by atoms with Crippen LogP contribution in [0.25, 0.3) is 11.1 Å². The van der Waals surface area contributed by atoms with Gasteiger partial charge in [-0.1, -0.05) is 109 Å². The number of rotatable bonds is 9. The van der Waals surface area contributed by atoms with E-state index in [1.807, 2.05) is 78.9 Å². The Balaban J connectivity index is 1.22. The summed E-state index contributed by atoms with van der Waals surface area (Å²) in [7, 11) is 2.13. The molecule has 50 heavy (non-hydrogen) atoms. The lowest BCUT2D eigenvalue weighted by molar-refractivity contribution is -0.113. The Morgan fingerprint density at radius 1 is 0.720 bits per heavy atom. The van der Waals surface area contributed by atoms with Gasteiger partial charge >= 0.3 is 0 Å². The molecule has 6 nitrogen and oxygen atoms in total. The van der Waals surface area contributed by atoms with Crippen molar-refractivity contribution in [3.8, 4) is 16.9 Å². The summed E-state index contributed by atoms with van der Waals surface area (Å²) in [4.78, 5) is 19.8. The second kappa shape index (κ2) is 13.4. The molecule has 0 spiro atoms. The van der Waals surface area contributed by atoms with Crippen LogP contribution in [0, 0.1) is 5.82 Å². The van der Waals surface area contributed by atoms with Gasteiger partial charge in [-0.15, -0.1) is 0 Å². The first-order valence-corrected chi connectivity index (χ1v) is 17.0. The van der Waals surface area contributed by atoms with Crippen molar-refractivity contribution in [1.82, 2.24) is 9.80 Å². The zero-order valence-corrected chi connectivity index (χ0v) is 27.9. The maximum absolute atomic E-state index is 13.9. The number of carbonyl (C=O) groups excluding carboxylic acids is 1. The molecule has 1 aromatic heterocycles. The molecule has 8 rings (SSSR count). The van der Waals surface area contributed by atoms with Gasteiger partial charge in [0.1, 0.15) is 22.9 Å². The minimum absolute atomic E-state index is 0.151. The van der Waals surface area contributed by atoms with E-state index >= 15 is 0 Å². The van der Waals surface area contributed by atoms with E-state index < -0.39 is 11.8 Å². The zero-order valence-electron chi connectivity index (χ0n) is 27.9. The monoisotopic (exact) mass is 663 g/mol. The lowest BCUT2D eigenvalue weighted by Crippen LogP contribution is -2.53. The molecule has 0 radical (unpaired) electrons. The van der Waals surface area contributed by atoms with Crippen molar-refractivity contribution >= 4 is 12.0 Å². The lowest BCUT2D eigenvalue weighted by Gasteiger charge is -2.45. The molecule has 1 saturated heterocycles. The van der Waals surface area contributed by atoms with Crippen LogP contribution < -0.4 is 9.64 Å². The number of halogens is 1. The standard InChI is InChI=1S/C43H38FN3O3/c1-45-23-25-46(26-24-45)42(31-17-20-37(44)21-18-31)40-28-33(30-49-40)32-19-22-38-39(27-32)50-41(29-48)47(38)43(34-11-5-2-6-12-34,35-13-7-3-8-14-35)36-15-9-4-10-16-36/h2-22,27-30,41-42H,23-26H2,1H3/t41?,42-/m0/s1. The van der Waals surface area contributed by atoms with Gasteiger partial charge in [0.25, 0.3) is 0 Å². The Kier molecular flexibility index (Phi) is 8.53. The fourth-order valence-corrected chi connectivity index (χ4v) is 7.65. The van der Waals surface area contributed by atoms with Gasteiger partial charge in [-0.05, 0) is 65.2 Å². The topological polar surface area (TPSA) is 49.2 Å².